The topological polar surface area (TPSA) is 440 Å². The summed E-state index contributed by atoms with van der Waals surface area (Å²) in [7, 11) is 0. The first-order chi connectivity index (χ1) is 50.7. The fraction of sp³-hybridized carbons (Fsp3) is 0.588. The van der Waals surface area contributed by atoms with Crippen LogP contribution in [0.15, 0.2) is 121 Å². The molecule has 27 nitrogen and oxygen atoms in total. The van der Waals surface area contributed by atoms with Crippen LogP contribution in [0.2, 0.25) is 0 Å². The van der Waals surface area contributed by atoms with Gasteiger partial charge in [0.2, 0.25) is 5.91 Å². The molecule has 0 aliphatic carbocycles. The molecule has 0 radical (unpaired) electrons. The second-order valence-corrected chi connectivity index (χ2v) is 27.9. The maximum Gasteiger partial charge on any atom is 0.408 e. The zero-order valence-electron chi connectivity index (χ0n) is 63.5. The van der Waals surface area contributed by atoms with E-state index in [0.29, 0.717) is 51.7 Å². The number of hydrogen-bond donors (Lipinski definition) is 10. The third-order valence-electron chi connectivity index (χ3n) is 18.6. The summed E-state index contributed by atoms with van der Waals surface area (Å²) in [5.74, 6) is -8.68. The van der Waals surface area contributed by atoms with Crippen LogP contribution in [0, 0.1) is 17.8 Å². The van der Waals surface area contributed by atoms with Crippen molar-refractivity contribution in [3.63, 3.8) is 0 Å². The molecule has 0 bridgehead atoms. The Hall–Kier alpha value is -8.09. The molecule has 2 aliphatic heterocycles. The molecule has 16 atom stereocenters. The van der Waals surface area contributed by atoms with Gasteiger partial charge in [0.25, 0.3) is 5.91 Å². The average Bonchev–Trinajstić information content (AvgIpc) is 0.781. The van der Waals surface area contributed by atoms with Gasteiger partial charge in [0.05, 0.1) is 61.5 Å². The number of esters is 1. The van der Waals surface area contributed by atoms with Crippen LogP contribution < -0.4 is 31.9 Å². The Kier molecular flexibility index (Phi) is 43.3. The van der Waals surface area contributed by atoms with E-state index in [-0.39, 0.29) is 74.2 Å². The van der Waals surface area contributed by atoms with Gasteiger partial charge in [-0.3, -0.25) is 28.8 Å². The van der Waals surface area contributed by atoms with Crippen molar-refractivity contribution in [1.29, 1.82) is 0 Å². The highest BCUT2D eigenvalue weighted by molar-refractivity contribution is 5.94. The van der Waals surface area contributed by atoms with Gasteiger partial charge in [-0.05, 0) is 89.0 Å². The highest BCUT2D eigenvalue weighted by atomic mass is 16.7. The number of nitrogens with one attached hydrogen (secondary N) is 3. The smallest absolute Gasteiger partial charge is 0.408 e. The van der Waals surface area contributed by atoms with Crippen LogP contribution in [0.3, 0.4) is 0 Å². The number of aliphatic hydroxyl groups is 5. The number of quaternary nitrogens is 1. The van der Waals surface area contributed by atoms with Crippen molar-refractivity contribution < 1.29 is 118 Å². The number of ether oxygens (including phenoxy) is 6. The summed E-state index contributed by atoms with van der Waals surface area (Å²) in [5, 5.41) is 84.1. The van der Waals surface area contributed by atoms with Crippen LogP contribution in [0.1, 0.15) is 194 Å². The summed E-state index contributed by atoms with van der Waals surface area (Å²) in [4.78, 5) is 105. The van der Waals surface area contributed by atoms with Crippen molar-refractivity contribution in [3.05, 3.63) is 144 Å². The number of Topliss-reactive ketones (excluding diaryl/α,β-unsaturated/α-hetero) is 2. The maximum absolute atomic E-state index is 13.7. The molecule has 0 aromatic heterocycles. The van der Waals surface area contributed by atoms with E-state index < -0.39 is 114 Å². The number of alkyl carbamates (subject to hydrolysis) is 1. The molecule has 107 heavy (non-hydrogen) atoms. The van der Waals surface area contributed by atoms with E-state index in [4.69, 9.17) is 53.3 Å². The number of carbonyl (C=O) groups excluding carboxylic acids is 8. The summed E-state index contributed by atoms with van der Waals surface area (Å²) in [6.07, 6.45) is 2.75. The molecule has 1 unspecified atom stereocenters. The lowest BCUT2D eigenvalue weighted by molar-refractivity contribution is -0.405. The van der Waals surface area contributed by atoms with Gasteiger partial charge in [0, 0.05) is 43.5 Å². The van der Waals surface area contributed by atoms with Gasteiger partial charge in [0.1, 0.15) is 49.8 Å². The van der Waals surface area contributed by atoms with Crippen molar-refractivity contribution in [2.45, 2.75) is 276 Å². The van der Waals surface area contributed by atoms with Crippen molar-refractivity contribution in [1.82, 2.24) is 16.0 Å². The molecule has 2 saturated heterocycles. The van der Waals surface area contributed by atoms with E-state index >= 15 is 0 Å². The molecule has 2 heterocycles. The highest BCUT2D eigenvalue weighted by Crippen LogP contribution is 2.42. The largest absolute Gasteiger partial charge is 0.550 e. The number of carboxylic acid groups (broad SMARTS) is 3. The van der Waals surface area contributed by atoms with Gasteiger partial charge in [-0.2, -0.15) is 0 Å². The fourth-order valence-corrected chi connectivity index (χ4v) is 12.2. The fourth-order valence-electron chi connectivity index (χ4n) is 12.2. The van der Waals surface area contributed by atoms with Crippen molar-refractivity contribution in [2.24, 2.45) is 17.8 Å². The number of carboxylic acids is 3. The number of rotatable bonds is 41. The number of unbranched alkanes of at least 4 members (excludes halogenated alkanes) is 8. The minimum atomic E-state index is -2.06. The lowest BCUT2D eigenvalue weighted by Crippen LogP contribution is -2.68. The van der Waals surface area contributed by atoms with Crippen molar-refractivity contribution in [2.75, 3.05) is 6.61 Å². The standard InChI is InChI=1S/C54H70N2O9.C22H40N2O10.2C2H4O2/c1-6-48-40(3)49(61-35-42-24-14-10-15-25-42)50(62-36-43-26-16-11-17-27-43)54(5,65-48)33-23-9-7-8-22-32-46(56-53(60)64-38-45-30-20-13-21-31-45)51(58)55-41(4)47(57)34-39(2)52(59)63-37-44-28-18-12-19-29-44;1-12(21(31)32)10-15(26)13(2)24-20(30)14(23)8-6-4-3-5-7-9-22(33)19(29)18(28)17(27)16(11-25)34-22;2*1-2(3)4/h10-21,24-31,39-41,46,48-50H,6-9,22-23,32-38H2,1-5H3,(H,55,58)(H,56,60);12-14,16-19,25,27-29,33H,3-11,23H2,1-2H3,(H,24,30)(H,31,32);2*1H3,(H,3,4)/p-1/t39-,40+,41+,46+,48-,49+,50-,54+;12-,13+,14+,16-,17+,18+,19-,22?;;/m11../s1. The van der Waals surface area contributed by atoms with Crippen LogP contribution in [0.25, 0.3) is 0 Å². The second-order valence-electron chi connectivity index (χ2n) is 27.9. The number of amides is 3. The predicted molar refractivity (Wildman–Crippen MR) is 391 cm³/mol. The van der Waals surface area contributed by atoms with Gasteiger partial charge < -0.3 is 101 Å². The summed E-state index contributed by atoms with van der Waals surface area (Å²) in [6, 6.07) is 35.9. The molecule has 12 N–H and O–H groups in total. The third-order valence-corrected chi connectivity index (χ3v) is 18.6. The molecule has 4 aromatic rings. The van der Waals surface area contributed by atoms with Crippen LogP contribution in [-0.4, -0.2) is 169 Å². The average molecular weight is 1500 g/mol. The minimum absolute atomic E-state index is 0.0151. The first-order valence-electron chi connectivity index (χ1n) is 37.0. The van der Waals surface area contributed by atoms with E-state index in [9.17, 15) is 59.1 Å². The second kappa shape index (κ2) is 49.8. The summed E-state index contributed by atoms with van der Waals surface area (Å²) in [6.45, 7) is 15.2. The van der Waals surface area contributed by atoms with Crippen LogP contribution in [0.4, 0.5) is 4.79 Å². The van der Waals surface area contributed by atoms with Crippen LogP contribution in [0.5, 0.6) is 0 Å². The Morgan fingerprint density at radius 2 is 0.972 bits per heavy atom. The molecule has 27 heteroatoms. The predicted octanol–water partition coefficient (Wildman–Crippen LogP) is 5.42. The molecule has 0 spiro atoms. The zero-order chi connectivity index (χ0) is 79.7. The first kappa shape index (κ1) is 93.1. The highest BCUT2D eigenvalue weighted by Gasteiger charge is 2.53. The third kappa shape index (κ3) is 35.2. The Morgan fingerprint density at radius 1 is 0.551 bits per heavy atom. The number of aliphatic hydroxyl groups excluding tert-OH is 4. The molecule has 2 aliphatic rings. The first-order valence-corrected chi connectivity index (χ1v) is 37.0. The van der Waals surface area contributed by atoms with E-state index in [1.165, 1.54) is 13.8 Å². The summed E-state index contributed by atoms with van der Waals surface area (Å²) in [5.41, 5.74) is 7.12. The van der Waals surface area contributed by atoms with E-state index in [1.807, 2.05) is 97.1 Å². The monoisotopic (exact) mass is 1500 g/mol. The van der Waals surface area contributed by atoms with Crippen molar-refractivity contribution >= 4 is 53.4 Å². The van der Waals surface area contributed by atoms with Crippen LogP contribution in [-0.2, 0) is 93.2 Å². The molecular formula is C80H117N4O23-. The van der Waals surface area contributed by atoms with E-state index in [0.717, 1.165) is 87.5 Å². The van der Waals surface area contributed by atoms with E-state index in [1.54, 1.807) is 13.8 Å². The molecule has 596 valence electrons. The SMILES string of the molecule is CC(=O)[O-].CC(=O)[O-].CC[C@H]1O[C@@](C)(CCCCCCC[C@H](NC(=O)OCc2ccccc2)C(=O)N[C@@H](C)C(=O)C[C@@H](C)C(=O)OCc2ccccc2)[C@H](OCc2ccccc2)[C@@H](OCc2ccccc2)[C@H]1C.C[C@H](CC(=O)[C@H](C)NC(=O)[C@@H]([NH3+])CCCCCCCC1(O)O[C@H](CO)[C@H](O)[C@H](O)[C@H]1O)C(=O)O. The molecule has 4 aromatic carbocycles. The van der Waals surface area contributed by atoms with Crippen molar-refractivity contribution in [3.8, 4) is 0 Å². The summed E-state index contributed by atoms with van der Waals surface area (Å²) >= 11 is 0. The van der Waals surface area contributed by atoms with Gasteiger partial charge >= 0.3 is 18.0 Å². The normalized spacial score (nSPS) is 22.5. The molecule has 3 amide bonds. The number of ketones is 2. The Balaban J connectivity index is 0.000000590. The minimum Gasteiger partial charge on any atom is -0.550 e. The Morgan fingerprint density at radius 3 is 1.45 bits per heavy atom. The lowest BCUT2D eigenvalue weighted by Gasteiger charge is -2.51. The quantitative estimate of drug-likeness (QED) is 0.0196. The van der Waals surface area contributed by atoms with E-state index in [2.05, 4.69) is 66.7 Å². The molecule has 0 saturated carbocycles. The zero-order valence-corrected chi connectivity index (χ0v) is 63.5. The maximum atomic E-state index is 13.7. The molecular weight excluding hydrogens is 1380 g/mol. The Bertz CT molecular complexity index is 3240. The molecule has 6 rings (SSSR count). The lowest BCUT2D eigenvalue weighted by atomic mass is 9.78. The number of aliphatic carboxylic acids is 3. The number of hydrogen-bond acceptors (Lipinski definition) is 22. The Labute approximate surface area is 629 Å². The number of carbonyl (C=O) groups is 9. The summed E-state index contributed by atoms with van der Waals surface area (Å²) < 4.78 is 36.6. The van der Waals surface area contributed by atoms with Gasteiger partial charge in [-0.15, -0.1) is 0 Å². The van der Waals surface area contributed by atoms with Crippen LogP contribution >= 0.6 is 0 Å². The van der Waals surface area contributed by atoms with Gasteiger partial charge in [-0.25, -0.2) is 4.79 Å². The molecule has 2 fully saturated rings. The number of benzene rings is 4. The van der Waals surface area contributed by atoms with Gasteiger partial charge in [0.15, 0.2) is 23.4 Å². The van der Waals surface area contributed by atoms with Gasteiger partial charge in [-0.1, -0.05) is 200 Å².